The largest absolute Gasteiger partial charge is 1.00 e. The minimum atomic E-state index is -1.52. The number of carbonyl (C=O) groups is 1. The van der Waals surface area contributed by atoms with Crippen LogP contribution in [0.2, 0.25) is 0 Å². The summed E-state index contributed by atoms with van der Waals surface area (Å²) in [6.07, 6.45) is 1.96. The van der Waals surface area contributed by atoms with Crippen LogP contribution in [-0.2, 0) is 37.9 Å². The first-order valence-electron chi connectivity index (χ1n) is 18.0. The molecule has 0 aliphatic rings. The Bertz CT molecular complexity index is 2470. The summed E-state index contributed by atoms with van der Waals surface area (Å²) in [5.74, 6) is 2.10. The van der Waals surface area contributed by atoms with Gasteiger partial charge in [0.05, 0.1) is 101 Å². The van der Waals surface area contributed by atoms with E-state index in [1.807, 2.05) is 64.1 Å². The Labute approximate surface area is 374 Å². The molecule has 0 spiro atoms. The molecule has 0 saturated carbocycles. The van der Waals surface area contributed by atoms with E-state index >= 15 is 0 Å². The number of nitrogens with one attached hydrogen (secondary N) is 2. The molecule has 0 saturated heterocycles. The third-order valence-corrected chi connectivity index (χ3v) is 11.5. The van der Waals surface area contributed by atoms with Gasteiger partial charge in [0.1, 0.15) is 29.1 Å². The van der Waals surface area contributed by atoms with E-state index in [1.165, 1.54) is 12.1 Å². The molecule has 18 heteroatoms. The maximum Gasteiger partial charge on any atom is 1.00 e. The second kappa shape index (κ2) is 21.9. The summed E-state index contributed by atoms with van der Waals surface area (Å²) in [5.41, 5.74) is 8.66. The summed E-state index contributed by atoms with van der Waals surface area (Å²) in [4.78, 5) is 33.9. The van der Waals surface area contributed by atoms with Gasteiger partial charge in [-0.05, 0) is 57.5 Å². The van der Waals surface area contributed by atoms with Crippen molar-refractivity contribution in [2.24, 2.45) is 0 Å². The number of aliphatic hydroxyl groups excluding tert-OH is 1. The Kier molecular flexibility index (Phi) is 17.3. The van der Waals surface area contributed by atoms with Crippen LogP contribution >= 0.6 is 0 Å². The number of methoxy groups -OCH3 is 4. The summed E-state index contributed by atoms with van der Waals surface area (Å²) < 4.78 is 46.5. The number of imidazole rings is 2. The van der Waals surface area contributed by atoms with E-state index in [9.17, 15) is 18.3 Å². The van der Waals surface area contributed by atoms with Crippen molar-refractivity contribution < 1.29 is 71.9 Å². The van der Waals surface area contributed by atoms with Gasteiger partial charge in [0.15, 0.2) is 10.3 Å². The van der Waals surface area contributed by atoms with Crippen LogP contribution in [0.3, 0.4) is 0 Å². The van der Waals surface area contributed by atoms with E-state index in [2.05, 4.69) is 29.9 Å². The van der Waals surface area contributed by atoms with E-state index in [0.717, 1.165) is 78.7 Å². The zero-order chi connectivity index (χ0) is 42.8. The number of H-pyrrole nitrogens is 2. The van der Waals surface area contributed by atoms with Crippen molar-refractivity contribution in [3.05, 3.63) is 118 Å². The van der Waals surface area contributed by atoms with Crippen molar-refractivity contribution in [1.29, 1.82) is 0 Å². The topological polar surface area (TPSA) is 215 Å². The molecule has 310 valence electrons. The fourth-order valence-electron chi connectivity index (χ4n) is 5.99. The standard InChI is InChI=1S/2C17H19N3O3S.C8H8O3.Na/c2*1-10-8-18-15(11(2)16(10)23-4)9-24(21)17-19-13-6-5-12(22-3)7-14(13)20-17;9-7(8(10)11)6-4-2-1-3-5-6;/h2*5-8H,9H2,1-4H3,(H,19,20);1-5,7,9H,(H,10,11);/q;;;+1/p-1/t2*24-;7-;/m000./s1. The van der Waals surface area contributed by atoms with Crippen molar-refractivity contribution in [2.75, 3.05) is 28.4 Å². The van der Waals surface area contributed by atoms with Crippen LogP contribution in [-0.4, -0.2) is 77.8 Å². The number of ether oxygens (including phenoxy) is 4. The fraction of sp³-hybridized carbons (Fsp3) is 0.262. The Hall–Kier alpha value is -5.17. The summed E-state index contributed by atoms with van der Waals surface area (Å²) in [7, 11) is 3.81. The molecule has 0 aliphatic carbocycles. The zero-order valence-corrected chi connectivity index (χ0v) is 38.4. The molecule has 15 nitrogen and oxygen atoms in total. The maximum absolute atomic E-state index is 12.7. The molecule has 3 aromatic carbocycles. The number of pyridine rings is 2. The second-order valence-corrected chi connectivity index (χ2v) is 15.8. The minimum absolute atomic E-state index is 0. The number of carboxylic acid groups (broad SMARTS) is 1. The number of benzene rings is 3. The van der Waals surface area contributed by atoms with Gasteiger partial charge in [-0.3, -0.25) is 18.4 Å². The predicted octanol–water partition coefficient (Wildman–Crippen LogP) is 2.27. The summed E-state index contributed by atoms with van der Waals surface area (Å²) in [5, 5.41) is 19.9. The van der Waals surface area contributed by atoms with Crippen LogP contribution in [0.1, 0.15) is 45.3 Å². The molecular weight excluding hydrogens is 820 g/mol. The van der Waals surface area contributed by atoms with Crippen molar-refractivity contribution in [3.8, 4) is 23.0 Å². The van der Waals surface area contributed by atoms with Crippen LogP contribution in [0.25, 0.3) is 22.1 Å². The number of fused-ring (bicyclic) bond motifs is 2. The number of aromatic amines is 2. The Morgan fingerprint density at radius 3 is 1.47 bits per heavy atom. The quantitative estimate of drug-likeness (QED) is 0.151. The van der Waals surface area contributed by atoms with Crippen molar-refractivity contribution in [1.82, 2.24) is 29.9 Å². The van der Waals surface area contributed by atoms with E-state index in [4.69, 9.17) is 24.1 Å². The van der Waals surface area contributed by atoms with Crippen LogP contribution < -0.4 is 53.6 Å². The Morgan fingerprint density at radius 1 is 0.683 bits per heavy atom. The first-order chi connectivity index (χ1) is 28.3. The number of hydrogen-bond donors (Lipinski definition) is 3. The molecule has 0 unspecified atom stereocenters. The maximum atomic E-state index is 12.7. The molecule has 4 heterocycles. The van der Waals surface area contributed by atoms with Gasteiger partial charge in [-0.15, -0.1) is 0 Å². The van der Waals surface area contributed by atoms with Gasteiger partial charge >= 0.3 is 29.6 Å². The van der Waals surface area contributed by atoms with Gasteiger partial charge in [0.2, 0.25) is 0 Å². The summed E-state index contributed by atoms with van der Waals surface area (Å²) in [6.45, 7) is 7.72. The number of nitrogens with zero attached hydrogens (tertiary/aromatic N) is 4. The van der Waals surface area contributed by atoms with Crippen molar-refractivity contribution >= 4 is 49.6 Å². The van der Waals surface area contributed by atoms with E-state index in [0.29, 0.717) is 15.9 Å². The number of carboxylic acids is 1. The van der Waals surface area contributed by atoms with E-state index < -0.39 is 33.7 Å². The molecule has 0 fully saturated rings. The Morgan fingerprint density at radius 2 is 1.10 bits per heavy atom. The molecule has 0 bridgehead atoms. The fourth-order valence-corrected chi connectivity index (χ4v) is 8.19. The SMILES string of the molecule is COc1ccc2nc([S@@](=O)Cc3ncc(C)c(OC)c3C)[nH]c2c1.COc1ccc2nc([S@@](=O)Cc3ncc(C)c(OC)c3C)[nH]c2c1.O=C([O-])[C@@H](O)c1ccccc1.[Na+]. The number of carbonyl (C=O) groups excluding carboxylic acids is 1. The first kappa shape index (κ1) is 47.5. The Balaban J connectivity index is 0.000000210. The zero-order valence-electron chi connectivity index (χ0n) is 34.8. The third-order valence-electron chi connectivity index (χ3n) is 9.14. The van der Waals surface area contributed by atoms with E-state index in [1.54, 1.807) is 59.0 Å². The predicted molar refractivity (Wildman–Crippen MR) is 222 cm³/mol. The van der Waals surface area contributed by atoms with Crippen LogP contribution in [0.5, 0.6) is 23.0 Å². The third kappa shape index (κ3) is 11.6. The molecule has 3 N–H and O–H groups in total. The van der Waals surface area contributed by atoms with Crippen molar-refractivity contribution in [2.45, 2.75) is 55.6 Å². The smallest absolute Gasteiger partial charge is 0.547 e. The van der Waals surface area contributed by atoms with Gasteiger partial charge in [0, 0.05) is 46.8 Å². The molecule has 0 amide bonds. The monoisotopic (exact) mass is 864 g/mol. The molecule has 4 aromatic heterocycles. The first-order valence-corrected chi connectivity index (χ1v) is 20.7. The molecule has 7 rings (SSSR count). The van der Waals surface area contributed by atoms with Gasteiger partial charge in [-0.2, -0.15) is 0 Å². The number of hydrogen-bond acceptors (Lipinski definition) is 13. The molecule has 60 heavy (non-hydrogen) atoms. The molecule has 0 radical (unpaired) electrons. The number of aliphatic hydroxyl groups is 1. The van der Waals surface area contributed by atoms with E-state index in [-0.39, 0.29) is 41.1 Å². The van der Waals surface area contributed by atoms with Gasteiger partial charge < -0.3 is 43.9 Å². The second-order valence-electron chi connectivity index (χ2n) is 13.1. The van der Waals surface area contributed by atoms with Crippen LogP contribution in [0, 0.1) is 27.7 Å². The number of aromatic nitrogens is 6. The van der Waals surface area contributed by atoms with Crippen LogP contribution in [0.4, 0.5) is 0 Å². The molecule has 7 aromatic rings. The summed E-state index contributed by atoms with van der Waals surface area (Å²) >= 11 is 0. The van der Waals surface area contributed by atoms with Gasteiger partial charge in [-0.25, -0.2) is 9.97 Å². The average molecular weight is 865 g/mol. The summed E-state index contributed by atoms with van der Waals surface area (Å²) in [6, 6.07) is 19.1. The molecular formula is C42H45N6NaO9S2. The molecule has 0 aliphatic heterocycles. The van der Waals surface area contributed by atoms with Gasteiger partial charge in [0.25, 0.3) is 0 Å². The van der Waals surface area contributed by atoms with Crippen LogP contribution in [0.15, 0.2) is 89.4 Å². The van der Waals surface area contributed by atoms with Gasteiger partial charge in [-0.1, -0.05) is 30.3 Å². The minimum Gasteiger partial charge on any atom is -0.547 e. The number of aliphatic carboxylic acids is 1. The number of rotatable bonds is 12. The molecule has 3 atom stereocenters. The normalized spacial score (nSPS) is 12.2. The number of aryl methyl sites for hydroxylation is 2. The van der Waals surface area contributed by atoms with Crippen molar-refractivity contribution in [3.63, 3.8) is 0 Å². The average Bonchev–Trinajstić information content (AvgIpc) is 3.88.